The first-order valence-electron chi connectivity index (χ1n) is 8.26. The zero-order chi connectivity index (χ0) is 18.1. The number of hydrogen-bond acceptors (Lipinski definition) is 4. The molecule has 26 heavy (non-hydrogen) atoms. The molecule has 4 rings (SSSR count). The van der Waals surface area contributed by atoms with E-state index in [0.717, 1.165) is 33.4 Å². The van der Waals surface area contributed by atoms with Crippen LogP contribution in [0.1, 0.15) is 17.0 Å². The van der Waals surface area contributed by atoms with Crippen LogP contribution in [0.2, 0.25) is 0 Å². The van der Waals surface area contributed by atoms with Crippen molar-refractivity contribution in [2.45, 2.75) is 19.3 Å². The molecule has 1 amide bonds. The normalized spacial score (nSPS) is 16.2. The summed E-state index contributed by atoms with van der Waals surface area (Å²) >= 11 is 1.52. The van der Waals surface area contributed by atoms with Gasteiger partial charge in [-0.15, -0.1) is 11.3 Å². The molecule has 4 nitrogen and oxygen atoms in total. The van der Waals surface area contributed by atoms with E-state index in [-0.39, 0.29) is 17.5 Å². The maximum absolute atomic E-state index is 13.7. The molecular formula is C19H15F2N3OS. The molecule has 0 radical (unpaired) electrons. The summed E-state index contributed by atoms with van der Waals surface area (Å²) < 4.78 is 27.5. The monoisotopic (exact) mass is 371 g/mol. The SMILES string of the molecule is O=C(Nc1c(F)cccc1F)C1CCc2nc(-c3ccccn3)sc2C1. The molecule has 1 aromatic carbocycles. The van der Waals surface area contributed by atoms with Crippen LogP contribution in [0.4, 0.5) is 14.5 Å². The number of pyridine rings is 1. The highest BCUT2D eigenvalue weighted by Gasteiger charge is 2.28. The van der Waals surface area contributed by atoms with Crippen LogP contribution in [0.5, 0.6) is 0 Å². The smallest absolute Gasteiger partial charge is 0.228 e. The van der Waals surface area contributed by atoms with Crippen LogP contribution >= 0.6 is 11.3 Å². The molecule has 1 N–H and O–H groups in total. The summed E-state index contributed by atoms with van der Waals surface area (Å²) in [5.41, 5.74) is 1.40. The number of amides is 1. The third-order valence-corrected chi connectivity index (χ3v) is 5.55. The second-order valence-corrected chi connectivity index (χ2v) is 7.21. The van der Waals surface area contributed by atoms with Crippen molar-refractivity contribution in [2.24, 2.45) is 5.92 Å². The van der Waals surface area contributed by atoms with Crippen LogP contribution < -0.4 is 5.32 Å². The summed E-state index contributed by atoms with van der Waals surface area (Å²) in [6, 6.07) is 9.17. The quantitative estimate of drug-likeness (QED) is 0.750. The highest BCUT2D eigenvalue weighted by Crippen LogP contribution is 2.34. The van der Waals surface area contributed by atoms with Crippen molar-refractivity contribution in [3.05, 3.63) is 64.8 Å². The predicted octanol–water partition coefficient (Wildman–Crippen LogP) is 4.23. The van der Waals surface area contributed by atoms with Gasteiger partial charge in [0.2, 0.25) is 5.91 Å². The van der Waals surface area contributed by atoms with Crippen molar-refractivity contribution in [1.82, 2.24) is 9.97 Å². The summed E-state index contributed by atoms with van der Waals surface area (Å²) in [5.74, 6) is -2.25. The van der Waals surface area contributed by atoms with E-state index in [2.05, 4.69) is 15.3 Å². The molecule has 0 bridgehead atoms. The van der Waals surface area contributed by atoms with Gasteiger partial charge in [-0.05, 0) is 43.5 Å². The average molecular weight is 371 g/mol. The minimum Gasteiger partial charge on any atom is -0.321 e. The van der Waals surface area contributed by atoms with Crippen LogP contribution in [0.15, 0.2) is 42.6 Å². The van der Waals surface area contributed by atoms with Crippen molar-refractivity contribution in [1.29, 1.82) is 0 Å². The van der Waals surface area contributed by atoms with E-state index in [0.29, 0.717) is 19.3 Å². The minimum atomic E-state index is -0.773. The third-order valence-electron chi connectivity index (χ3n) is 4.41. The predicted molar refractivity (Wildman–Crippen MR) is 95.8 cm³/mol. The van der Waals surface area contributed by atoms with Gasteiger partial charge in [0.25, 0.3) is 0 Å². The number of aryl methyl sites for hydroxylation is 1. The summed E-state index contributed by atoms with van der Waals surface area (Å²) in [6.45, 7) is 0. The number of nitrogens with zero attached hydrogens (tertiary/aromatic N) is 2. The lowest BCUT2D eigenvalue weighted by molar-refractivity contribution is -0.120. The first-order valence-corrected chi connectivity index (χ1v) is 9.08. The lowest BCUT2D eigenvalue weighted by Crippen LogP contribution is -2.28. The summed E-state index contributed by atoms with van der Waals surface area (Å²) in [6.07, 6.45) is 3.49. The fourth-order valence-corrected chi connectivity index (χ4v) is 4.20. The summed E-state index contributed by atoms with van der Waals surface area (Å²) in [5, 5.41) is 3.23. The molecule has 1 atom stereocenters. The van der Waals surface area contributed by atoms with Gasteiger partial charge in [-0.2, -0.15) is 0 Å². The number of benzene rings is 1. The first-order chi connectivity index (χ1) is 12.6. The Morgan fingerprint density at radius 1 is 1.15 bits per heavy atom. The molecule has 3 aromatic rings. The van der Waals surface area contributed by atoms with E-state index in [4.69, 9.17) is 0 Å². The molecule has 2 aromatic heterocycles. The second-order valence-electron chi connectivity index (χ2n) is 6.13. The lowest BCUT2D eigenvalue weighted by Gasteiger charge is -2.20. The molecule has 0 fully saturated rings. The van der Waals surface area contributed by atoms with Crippen LogP contribution in [-0.4, -0.2) is 15.9 Å². The molecule has 1 aliphatic carbocycles. The van der Waals surface area contributed by atoms with Crippen LogP contribution in [-0.2, 0) is 17.6 Å². The van der Waals surface area contributed by atoms with Crippen molar-refractivity contribution >= 4 is 22.9 Å². The second kappa shape index (κ2) is 6.92. The zero-order valence-electron chi connectivity index (χ0n) is 13.7. The third kappa shape index (κ3) is 3.22. The largest absolute Gasteiger partial charge is 0.321 e. The van der Waals surface area contributed by atoms with Crippen LogP contribution in [0, 0.1) is 17.6 Å². The molecule has 0 saturated heterocycles. The Morgan fingerprint density at radius 3 is 2.69 bits per heavy atom. The standard InChI is InChI=1S/C19H15F2N3OS/c20-12-4-3-5-13(21)17(12)24-18(25)11-7-8-14-16(10-11)26-19(23-14)15-6-1-2-9-22-15/h1-6,9,11H,7-8,10H2,(H,24,25). The molecule has 2 heterocycles. The number of hydrogen-bond donors (Lipinski definition) is 1. The fourth-order valence-electron chi connectivity index (χ4n) is 3.04. The van der Waals surface area contributed by atoms with Crippen molar-refractivity contribution in [3.8, 4) is 10.7 Å². The molecule has 1 aliphatic rings. The van der Waals surface area contributed by atoms with E-state index in [1.54, 1.807) is 6.20 Å². The Morgan fingerprint density at radius 2 is 1.96 bits per heavy atom. The minimum absolute atomic E-state index is 0.335. The number of para-hydroxylation sites is 1. The highest BCUT2D eigenvalue weighted by molar-refractivity contribution is 7.15. The van der Waals surface area contributed by atoms with Gasteiger partial charge in [-0.1, -0.05) is 12.1 Å². The average Bonchev–Trinajstić information content (AvgIpc) is 3.09. The van der Waals surface area contributed by atoms with Crippen molar-refractivity contribution in [3.63, 3.8) is 0 Å². The number of anilines is 1. The van der Waals surface area contributed by atoms with Gasteiger partial charge in [0, 0.05) is 17.0 Å². The number of carbonyl (C=O) groups excluding carboxylic acids is 1. The molecular weight excluding hydrogens is 356 g/mol. The Hall–Kier alpha value is -2.67. The van der Waals surface area contributed by atoms with Crippen molar-refractivity contribution in [2.75, 3.05) is 5.32 Å². The summed E-state index contributed by atoms with van der Waals surface area (Å²) in [7, 11) is 0. The topological polar surface area (TPSA) is 54.9 Å². The van der Waals surface area contributed by atoms with Gasteiger partial charge in [0.15, 0.2) is 0 Å². The molecule has 1 unspecified atom stereocenters. The Kier molecular flexibility index (Phi) is 4.46. The number of carbonyl (C=O) groups is 1. The molecule has 0 aliphatic heterocycles. The van der Waals surface area contributed by atoms with E-state index in [9.17, 15) is 13.6 Å². The fraction of sp³-hybridized carbons (Fsp3) is 0.211. The Balaban J connectivity index is 1.51. The Labute approximate surface area is 152 Å². The summed E-state index contributed by atoms with van der Waals surface area (Å²) in [4.78, 5) is 22.5. The van der Waals surface area contributed by atoms with Gasteiger partial charge < -0.3 is 5.32 Å². The molecule has 0 spiro atoms. The maximum Gasteiger partial charge on any atom is 0.228 e. The molecule has 132 valence electrons. The Bertz CT molecular complexity index is 938. The maximum atomic E-state index is 13.7. The van der Waals surface area contributed by atoms with Gasteiger partial charge >= 0.3 is 0 Å². The van der Waals surface area contributed by atoms with Crippen molar-refractivity contribution < 1.29 is 13.6 Å². The van der Waals surface area contributed by atoms with E-state index < -0.39 is 11.6 Å². The number of fused-ring (bicyclic) bond motifs is 1. The van der Waals surface area contributed by atoms with Crippen LogP contribution in [0.25, 0.3) is 10.7 Å². The van der Waals surface area contributed by atoms with E-state index in [1.807, 2.05) is 18.2 Å². The van der Waals surface area contributed by atoms with E-state index >= 15 is 0 Å². The first kappa shape index (κ1) is 16.8. The van der Waals surface area contributed by atoms with Crippen LogP contribution in [0.3, 0.4) is 0 Å². The number of nitrogens with one attached hydrogen (secondary N) is 1. The lowest BCUT2D eigenvalue weighted by atomic mass is 9.90. The van der Waals surface area contributed by atoms with Gasteiger partial charge in [-0.3, -0.25) is 9.78 Å². The zero-order valence-corrected chi connectivity index (χ0v) is 14.5. The number of halogens is 2. The number of thiazole rings is 1. The van der Waals surface area contributed by atoms with Gasteiger partial charge in [0.05, 0.1) is 11.4 Å². The molecule has 0 saturated carbocycles. The van der Waals surface area contributed by atoms with Gasteiger partial charge in [0.1, 0.15) is 22.3 Å². The van der Waals surface area contributed by atoms with Gasteiger partial charge in [-0.25, -0.2) is 13.8 Å². The van der Waals surface area contributed by atoms with E-state index in [1.165, 1.54) is 17.4 Å². The number of aromatic nitrogens is 2. The highest BCUT2D eigenvalue weighted by atomic mass is 32.1. The molecule has 7 heteroatoms. The number of rotatable bonds is 3.